The lowest BCUT2D eigenvalue weighted by Gasteiger charge is -2.21. The molecule has 98 valence electrons. The summed E-state index contributed by atoms with van der Waals surface area (Å²) in [6.45, 7) is 1.07. The highest BCUT2D eigenvalue weighted by atomic mass is 32.1. The molecule has 0 saturated carbocycles. The Labute approximate surface area is 109 Å². The average molecular weight is 268 g/mol. The van der Waals surface area contributed by atoms with Crippen molar-refractivity contribution in [1.29, 1.82) is 0 Å². The SMILES string of the molecule is O=C(O)[C@@H]1CCCN1C(=O)NCCc1cccs1. The topological polar surface area (TPSA) is 69.6 Å². The Bertz CT molecular complexity index is 419. The van der Waals surface area contributed by atoms with Crippen molar-refractivity contribution in [3.63, 3.8) is 0 Å². The molecule has 0 bridgehead atoms. The van der Waals surface area contributed by atoms with E-state index in [2.05, 4.69) is 5.32 Å². The third-order valence-electron chi connectivity index (χ3n) is 3.03. The number of carbonyl (C=O) groups is 2. The van der Waals surface area contributed by atoms with Crippen LogP contribution in [0, 0.1) is 0 Å². The van der Waals surface area contributed by atoms with E-state index in [9.17, 15) is 9.59 Å². The van der Waals surface area contributed by atoms with Gasteiger partial charge in [-0.1, -0.05) is 6.07 Å². The molecule has 2 heterocycles. The standard InChI is InChI=1S/C12H16N2O3S/c15-11(16)10-4-1-7-14(10)12(17)13-6-5-9-3-2-8-18-9/h2-3,8,10H,1,4-7H2,(H,13,17)(H,15,16)/t10-/m0/s1. The molecule has 18 heavy (non-hydrogen) atoms. The first-order valence-corrected chi connectivity index (χ1v) is 6.86. The number of amides is 2. The predicted molar refractivity (Wildman–Crippen MR) is 68.8 cm³/mol. The fourth-order valence-electron chi connectivity index (χ4n) is 2.12. The minimum atomic E-state index is -0.916. The summed E-state index contributed by atoms with van der Waals surface area (Å²) in [5.74, 6) is -0.916. The van der Waals surface area contributed by atoms with Gasteiger partial charge in [0.25, 0.3) is 0 Å². The molecule has 1 aliphatic rings. The van der Waals surface area contributed by atoms with Gasteiger partial charge in [-0.3, -0.25) is 0 Å². The van der Waals surface area contributed by atoms with Crippen LogP contribution in [0.15, 0.2) is 17.5 Å². The zero-order valence-electron chi connectivity index (χ0n) is 9.96. The van der Waals surface area contributed by atoms with Gasteiger partial charge >= 0.3 is 12.0 Å². The molecule has 1 aromatic heterocycles. The molecule has 0 aliphatic carbocycles. The van der Waals surface area contributed by atoms with Crippen LogP contribution in [0.2, 0.25) is 0 Å². The number of carbonyl (C=O) groups excluding carboxylic acids is 1. The lowest BCUT2D eigenvalue weighted by atomic mass is 10.2. The number of aliphatic carboxylic acids is 1. The van der Waals surface area contributed by atoms with E-state index in [1.54, 1.807) is 11.3 Å². The first-order chi connectivity index (χ1) is 8.68. The van der Waals surface area contributed by atoms with Crippen molar-refractivity contribution in [2.24, 2.45) is 0 Å². The molecule has 1 saturated heterocycles. The largest absolute Gasteiger partial charge is 0.480 e. The first kappa shape index (κ1) is 12.9. The summed E-state index contributed by atoms with van der Waals surface area (Å²) in [4.78, 5) is 25.4. The van der Waals surface area contributed by atoms with Crippen LogP contribution < -0.4 is 5.32 Å². The van der Waals surface area contributed by atoms with Crippen LogP contribution in [0.5, 0.6) is 0 Å². The second-order valence-electron chi connectivity index (χ2n) is 4.25. The number of hydrogen-bond acceptors (Lipinski definition) is 3. The van der Waals surface area contributed by atoms with Gasteiger partial charge in [0.2, 0.25) is 0 Å². The van der Waals surface area contributed by atoms with E-state index in [0.29, 0.717) is 19.5 Å². The number of nitrogens with one attached hydrogen (secondary N) is 1. The number of thiophene rings is 1. The second-order valence-corrected chi connectivity index (χ2v) is 5.28. The van der Waals surface area contributed by atoms with Gasteiger partial charge < -0.3 is 15.3 Å². The lowest BCUT2D eigenvalue weighted by molar-refractivity contribution is -0.141. The Morgan fingerprint density at radius 2 is 2.39 bits per heavy atom. The minimum absolute atomic E-state index is 0.267. The third-order valence-corrected chi connectivity index (χ3v) is 3.96. The maximum atomic E-state index is 11.8. The van der Waals surface area contributed by atoms with E-state index < -0.39 is 12.0 Å². The highest BCUT2D eigenvalue weighted by molar-refractivity contribution is 7.09. The summed E-state index contributed by atoms with van der Waals surface area (Å²) in [6, 6.07) is 3.07. The van der Waals surface area contributed by atoms with E-state index in [1.807, 2.05) is 17.5 Å². The van der Waals surface area contributed by atoms with Gasteiger partial charge in [-0.05, 0) is 30.7 Å². The first-order valence-electron chi connectivity index (χ1n) is 5.98. The smallest absolute Gasteiger partial charge is 0.326 e. The Morgan fingerprint density at radius 3 is 3.06 bits per heavy atom. The summed E-state index contributed by atoms with van der Waals surface area (Å²) in [5, 5.41) is 13.8. The molecule has 0 unspecified atom stereocenters. The van der Waals surface area contributed by atoms with Crippen LogP contribution in [0.3, 0.4) is 0 Å². The van der Waals surface area contributed by atoms with Crippen LogP contribution in [0.25, 0.3) is 0 Å². The van der Waals surface area contributed by atoms with Gasteiger partial charge in [0.1, 0.15) is 6.04 Å². The Morgan fingerprint density at radius 1 is 1.56 bits per heavy atom. The van der Waals surface area contributed by atoms with Crippen LogP contribution >= 0.6 is 11.3 Å². The molecule has 1 aliphatic heterocycles. The van der Waals surface area contributed by atoms with Crippen LogP contribution in [-0.2, 0) is 11.2 Å². The van der Waals surface area contributed by atoms with Crippen molar-refractivity contribution in [2.75, 3.05) is 13.1 Å². The summed E-state index contributed by atoms with van der Waals surface area (Å²) >= 11 is 1.65. The zero-order valence-corrected chi connectivity index (χ0v) is 10.8. The van der Waals surface area contributed by atoms with Gasteiger partial charge in [-0.15, -0.1) is 11.3 Å². The number of hydrogen-bond donors (Lipinski definition) is 2. The monoisotopic (exact) mass is 268 g/mol. The molecule has 1 fully saturated rings. The number of nitrogens with zero attached hydrogens (tertiary/aromatic N) is 1. The molecule has 1 aromatic rings. The highest BCUT2D eigenvalue weighted by Gasteiger charge is 2.33. The number of carboxylic acid groups (broad SMARTS) is 1. The van der Waals surface area contributed by atoms with Gasteiger partial charge in [-0.2, -0.15) is 0 Å². The van der Waals surface area contributed by atoms with Crippen LogP contribution in [0.1, 0.15) is 17.7 Å². The molecular formula is C12H16N2O3S. The molecular weight excluding hydrogens is 252 g/mol. The normalized spacial score (nSPS) is 18.9. The zero-order chi connectivity index (χ0) is 13.0. The van der Waals surface area contributed by atoms with Crippen molar-refractivity contribution < 1.29 is 14.7 Å². The number of rotatable bonds is 4. The summed E-state index contributed by atoms with van der Waals surface area (Å²) in [5.41, 5.74) is 0. The Hall–Kier alpha value is -1.56. The molecule has 0 aromatic carbocycles. The summed E-state index contributed by atoms with van der Waals surface area (Å²) in [6.07, 6.45) is 2.10. The predicted octanol–water partition coefficient (Wildman–Crippen LogP) is 1.55. The Balaban J connectivity index is 1.79. The van der Waals surface area contributed by atoms with E-state index >= 15 is 0 Å². The molecule has 2 rings (SSSR count). The van der Waals surface area contributed by atoms with E-state index in [0.717, 1.165) is 12.8 Å². The van der Waals surface area contributed by atoms with Crippen molar-refractivity contribution >= 4 is 23.3 Å². The second kappa shape index (κ2) is 5.86. The molecule has 1 atom stereocenters. The maximum Gasteiger partial charge on any atom is 0.326 e. The van der Waals surface area contributed by atoms with Gasteiger partial charge in [0.15, 0.2) is 0 Å². The fraction of sp³-hybridized carbons (Fsp3) is 0.500. The summed E-state index contributed by atoms with van der Waals surface area (Å²) < 4.78 is 0. The maximum absolute atomic E-state index is 11.8. The molecule has 0 radical (unpaired) electrons. The average Bonchev–Trinajstić information content (AvgIpc) is 2.99. The molecule has 2 N–H and O–H groups in total. The van der Waals surface area contributed by atoms with E-state index in [-0.39, 0.29) is 6.03 Å². The van der Waals surface area contributed by atoms with Gasteiger partial charge in [-0.25, -0.2) is 9.59 Å². The minimum Gasteiger partial charge on any atom is -0.480 e. The van der Waals surface area contributed by atoms with Gasteiger partial charge in [0.05, 0.1) is 0 Å². The van der Waals surface area contributed by atoms with Crippen molar-refractivity contribution in [3.8, 4) is 0 Å². The van der Waals surface area contributed by atoms with Crippen molar-refractivity contribution in [2.45, 2.75) is 25.3 Å². The van der Waals surface area contributed by atoms with Gasteiger partial charge in [0, 0.05) is 18.0 Å². The number of likely N-dealkylation sites (tertiary alicyclic amines) is 1. The summed E-state index contributed by atoms with van der Waals surface area (Å²) in [7, 11) is 0. The highest BCUT2D eigenvalue weighted by Crippen LogP contribution is 2.17. The van der Waals surface area contributed by atoms with E-state index in [4.69, 9.17) is 5.11 Å². The van der Waals surface area contributed by atoms with E-state index in [1.165, 1.54) is 9.78 Å². The van der Waals surface area contributed by atoms with Crippen LogP contribution in [-0.4, -0.2) is 41.1 Å². The lowest BCUT2D eigenvalue weighted by Crippen LogP contribution is -2.46. The fourth-order valence-corrected chi connectivity index (χ4v) is 2.82. The molecule has 6 heteroatoms. The molecule has 5 nitrogen and oxygen atoms in total. The number of carboxylic acids is 1. The molecule has 2 amide bonds. The molecule has 0 spiro atoms. The Kier molecular flexibility index (Phi) is 4.19. The van der Waals surface area contributed by atoms with Crippen molar-refractivity contribution in [3.05, 3.63) is 22.4 Å². The van der Waals surface area contributed by atoms with Crippen molar-refractivity contribution in [1.82, 2.24) is 10.2 Å². The number of urea groups is 1. The quantitative estimate of drug-likeness (QED) is 0.870. The third kappa shape index (κ3) is 3.01. The van der Waals surface area contributed by atoms with Crippen LogP contribution in [0.4, 0.5) is 4.79 Å².